The van der Waals surface area contributed by atoms with Crippen molar-refractivity contribution in [1.82, 2.24) is 9.97 Å². The largest absolute Gasteiger partial charge is 0.508 e. The maximum absolute atomic E-state index is 10.9. The second-order valence-corrected chi connectivity index (χ2v) is 9.48. The minimum Gasteiger partial charge on any atom is -0.508 e. The van der Waals surface area contributed by atoms with Crippen LogP contribution in [0.1, 0.15) is 63.5 Å². The molecule has 0 aliphatic rings. The standard InChI is InChI=1S/C27H34N4O5/c1-14(2)19-10-16(11-20(15(3)4)25(19)34)21-13-30-27(29-9-5-6-22(28)26(35)36)31-24(21)18-8-7-17(32)12-23(18)33/h7-8,10-15,22,32-34H,5-6,9,28H2,1-4H3,(H,35,36)(H,29,30,31). The summed E-state index contributed by atoms with van der Waals surface area (Å²) >= 11 is 0. The monoisotopic (exact) mass is 494 g/mol. The summed E-state index contributed by atoms with van der Waals surface area (Å²) in [5, 5.41) is 43.3. The SMILES string of the molecule is CC(C)c1cc(-c2cnc(NCCCC(N)C(=O)O)nc2-c2ccc(O)cc2O)cc(C(C)C)c1O. The van der Waals surface area contributed by atoms with Crippen molar-refractivity contribution in [3.63, 3.8) is 0 Å². The number of phenols is 3. The maximum Gasteiger partial charge on any atom is 0.320 e. The van der Waals surface area contributed by atoms with E-state index in [-0.39, 0.29) is 29.1 Å². The lowest BCUT2D eigenvalue weighted by Crippen LogP contribution is -2.30. The van der Waals surface area contributed by atoms with Crippen molar-refractivity contribution in [1.29, 1.82) is 0 Å². The Morgan fingerprint density at radius 2 is 1.64 bits per heavy atom. The number of anilines is 1. The minimum atomic E-state index is -1.05. The summed E-state index contributed by atoms with van der Waals surface area (Å²) < 4.78 is 0. The van der Waals surface area contributed by atoms with Gasteiger partial charge >= 0.3 is 5.97 Å². The van der Waals surface area contributed by atoms with Crippen LogP contribution in [0.25, 0.3) is 22.4 Å². The summed E-state index contributed by atoms with van der Waals surface area (Å²) in [6.45, 7) is 8.45. The first-order valence-electron chi connectivity index (χ1n) is 12.0. The van der Waals surface area contributed by atoms with E-state index in [9.17, 15) is 20.1 Å². The van der Waals surface area contributed by atoms with E-state index in [0.717, 1.165) is 16.7 Å². The fourth-order valence-electron chi connectivity index (χ4n) is 3.97. The number of nitrogens with one attached hydrogen (secondary N) is 1. The van der Waals surface area contributed by atoms with E-state index in [4.69, 9.17) is 10.8 Å². The number of benzene rings is 2. The summed E-state index contributed by atoms with van der Waals surface area (Å²) in [5.41, 5.74) is 9.46. The third kappa shape index (κ3) is 6.04. The molecule has 0 aliphatic carbocycles. The average molecular weight is 495 g/mol. The van der Waals surface area contributed by atoms with Gasteiger partial charge in [-0.15, -0.1) is 0 Å². The predicted octanol–water partition coefficient (Wildman–Crippen LogP) is 4.78. The molecule has 1 atom stereocenters. The van der Waals surface area contributed by atoms with Gasteiger partial charge in [0.1, 0.15) is 23.3 Å². The van der Waals surface area contributed by atoms with E-state index >= 15 is 0 Å². The number of hydrogen-bond acceptors (Lipinski definition) is 8. The number of carboxylic acids is 1. The number of carbonyl (C=O) groups is 1. The summed E-state index contributed by atoms with van der Waals surface area (Å²) in [6.07, 6.45) is 2.46. The van der Waals surface area contributed by atoms with Crippen LogP contribution >= 0.6 is 0 Å². The van der Waals surface area contributed by atoms with Crippen LogP contribution in [0, 0.1) is 0 Å². The number of phenolic OH excluding ortho intramolecular Hbond substituents is 3. The topological polar surface area (TPSA) is 162 Å². The van der Waals surface area contributed by atoms with Crippen LogP contribution in [-0.4, -0.2) is 48.9 Å². The van der Waals surface area contributed by atoms with Crippen molar-refractivity contribution < 1.29 is 25.2 Å². The average Bonchev–Trinajstić information content (AvgIpc) is 2.81. The number of nitrogens with two attached hydrogens (primary N) is 1. The highest BCUT2D eigenvalue weighted by molar-refractivity contribution is 5.84. The Balaban J connectivity index is 2.08. The van der Waals surface area contributed by atoms with E-state index in [1.54, 1.807) is 12.3 Å². The van der Waals surface area contributed by atoms with Gasteiger partial charge in [-0.3, -0.25) is 4.79 Å². The van der Waals surface area contributed by atoms with Crippen molar-refractivity contribution in [3.8, 4) is 39.6 Å². The normalized spacial score (nSPS) is 12.2. The smallest absolute Gasteiger partial charge is 0.320 e. The summed E-state index contributed by atoms with van der Waals surface area (Å²) in [6, 6.07) is 7.19. The van der Waals surface area contributed by atoms with Gasteiger partial charge in [0.2, 0.25) is 5.95 Å². The molecule has 2 aromatic carbocycles. The molecule has 0 aliphatic heterocycles. The molecule has 0 spiro atoms. The second-order valence-electron chi connectivity index (χ2n) is 9.48. The van der Waals surface area contributed by atoms with Gasteiger partial charge in [0.05, 0.1) is 5.69 Å². The molecule has 9 nitrogen and oxygen atoms in total. The molecule has 36 heavy (non-hydrogen) atoms. The lowest BCUT2D eigenvalue weighted by atomic mass is 9.89. The van der Waals surface area contributed by atoms with Crippen LogP contribution in [0.4, 0.5) is 5.95 Å². The molecule has 0 saturated heterocycles. The van der Waals surface area contributed by atoms with Crippen LogP contribution in [0.2, 0.25) is 0 Å². The molecular weight excluding hydrogens is 460 g/mol. The van der Waals surface area contributed by atoms with Crippen LogP contribution in [-0.2, 0) is 4.79 Å². The Labute approximate surface area is 210 Å². The molecule has 0 fully saturated rings. The highest BCUT2D eigenvalue weighted by atomic mass is 16.4. The summed E-state index contributed by atoms with van der Waals surface area (Å²) in [7, 11) is 0. The molecule has 1 aromatic heterocycles. The van der Waals surface area contributed by atoms with Crippen LogP contribution in [0.3, 0.4) is 0 Å². The number of aromatic hydroxyl groups is 3. The van der Waals surface area contributed by atoms with Gasteiger partial charge < -0.3 is 31.5 Å². The van der Waals surface area contributed by atoms with Gasteiger partial charge in [-0.2, -0.15) is 0 Å². The zero-order valence-corrected chi connectivity index (χ0v) is 21.0. The van der Waals surface area contributed by atoms with Crippen molar-refractivity contribution in [2.45, 2.75) is 58.4 Å². The Bertz CT molecular complexity index is 1210. The first-order chi connectivity index (χ1) is 17.0. The zero-order chi connectivity index (χ0) is 26.6. The lowest BCUT2D eigenvalue weighted by Gasteiger charge is -2.19. The molecule has 1 heterocycles. The minimum absolute atomic E-state index is 0.0752. The van der Waals surface area contributed by atoms with Crippen molar-refractivity contribution in [2.75, 3.05) is 11.9 Å². The Morgan fingerprint density at radius 3 is 2.19 bits per heavy atom. The van der Waals surface area contributed by atoms with Gasteiger partial charge in [-0.1, -0.05) is 27.7 Å². The summed E-state index contributed by atoms with van der Waals surface area (Å²) in [4.78, 5) is 20.0. The first-order valence-corrected chi connectivity index (χ1v) is 12.0. The molecule has 192 valence electrons. The molecule has 0 amide bonds. The molecule has 0 saturated carbocycles. The predicted molar refractivity (Wildman–Crippen MR) is 139 cm³/mol. The maximum atomic E-state index is 10.9. The molecule has 9 heteroatoms. The molecule has 0 radical (unpaired) electrons. The Hall–Kier alpha value is -3.85. The van der Waals surface area contributed by atoms with Crippen LogP contribution in [0.15, 0.2) is 36.5 Å². The summed E-state index contributed by atoms with van der Waals surface area (Å²) in [5.74, 6) is -0.530. The molecule has 3 rings (SSSR count). The molecule has 0 bridgehead atoms. The third-order valence-corrected chi connectivity index (χ3v) is 6.04. The third-order valence-electron chi connectivity index (χ3n) is 6.04. The number of aliphatic carboxylic acids is 1. The van der Waals surface area contributed by atoms with Gasteiger partial charge in [-0.05, 0) is 65.6 Å². The number of nitrogens with zero attached hydrogens (tertiary/aromatic N) is 2. The van der Waals surface area contributed by atoms with Crippen LogP contribution in [0.5, 0.6) is 17.2 Å². The zero-order valence-electron chi connectivity index (χ0n) is 21.0. The van der Waals surface area contributed by atoms with E-state index < -0.39 is 12.0 Å². The highest BCUT2D eigenvalue weighted by Gasteiger charge is 2.20. The van der Waals surface area contributed by atoms with Gasteiger partial charge in [0.15, 0.2) is 0 Å². The van der Waals surface area contributed by atoms with Gasteiger partial charge in [0.25, 0.3) is 0 Å². The Kier molecular flexibility index (Phi) is 8.37. The van der Waals surface area contributed by atoms with Crippen molar-refractivity contribution in [2.24, 2.45) is 5.73 Å². The molecule has 3 aromatic rings. The number of aromatic nitrogens is 2. The Morgan fingerprint density at radius 1 is 1.00 bits per heavy atom. The van der Waals surface area contributed by atoms with Crippen LogP contribution < -0.4 is 11.1 Å². The van der Waals surface area contributed by atoms with Crippen molar-refractivity contribution >= 4 is 11.9 Å². The van der Waals surface area contributed by atoms with Gasteiger partial charge in [-0.25, -0.2) is 9.97 Å². The fraction of sp³-hybridized carbons (Fsp3) is 0.370. The molecule has 1 unspecified atom stereocenters. The number of carboxylic acid groups (broad SMARTS) is 1. The van der Waals surface area contributed by atoms with E-state index in [1.165, 1.54) is 12.1 Å². The fourth-order valence-corrected chi connectivity index (χ4v) is 3.97. The first kappa shape index (κ1) is 26.7. The second kappa shape index (κ2) is 11.3. The van der Waals surface area contributed by atoms with E-state index in [1.807, 2.05) is 39.8 Å². The number of hydrogen-bond donors (Lipinski definition) is 6. The van der Waals surface area contributed by atoms with E-state index in [2.05, 4.69) is 15.3 Å². The van der Waals surface area contributed by atoms with E-state index in [0.29, 0.717) is 42.2 Å². The quantitative estimate of drug-likeness (QED) is 0.218. The highest BCUT2D eigenvalue weighted by Crippen LogP contribution is 2.42. The number of rotatable bonds is 10. The molecule has 7 N–H and O–H groups in total. The lowest BCUT2D eigenvalue weighted by molar-refractivity contribution is -0.138. The molecular formula is C27H34N4O5. The van der Waals surface area contributed by atoms with Gasteiger partial charge in [0, 0.05) is 29.9 Å². The van der Waals surface area contributed by atoms with Crippen molar-refractivity contribution in [3.05, 3.63) is 47.7 Å².